The third-order valence-electron chi connectivity index (χ3n) is 4.73. The molecule has 5 rings (SSSR count). The van der Waals surface area contributed by atoms with Crippen LogP contribution in [0.4, 0.5) is 0 Å². The minimum atomic E-state index is -0.106. The molecule has 1 saturated heterocycles. The molecule has 1 atom stereocenters. The molecule has 24 heavy (non-hydrogen) atoms. The summed E-state index contributed by atoms with van der Waals surface area (Å²) >= 11 is 0. The van der Waals surface area contributed by atoms with E-state index < -0.39 is 0 Å². The summed E-state index contributed by atoms with van der Waals surface area (Å²) in [7, 11) is 0. The first-order chi connectivity index (χ1) is 11.8. The first kappa shape index (κ1) is 13.6. The highest BCUT2D eigenvalue weighted by Crippen LogP contribution is 2.40. The van der Waals surface area contributed by atoms with Gasteiger partial charge in [0.05, 0.1) is 11.6 Å². The van der Waals surface area contributed by atoms with E-state index in [0.717, 1.165) is 37.2 Å². The summed E-state index contributed by atoms with van der Waals surface area (Å²) in [6, 6.07) is 3.48. The topological polar surface area (TPSA) is 89.4 Å². The van der Waals surface area contributed by atoms with E-state index in [4.69, 9.17) is 4.52 Å². The van der Waals surface area contributed by atoms with Crippen LogP contribution in [0, 0.1) is 0 Å². The van der Waals surface area contributed by atoms with Crippen molar-refractivity contribution in [1.29, 1.82) is 0 Å². The number of amides is 1. The van der Waals surface area contributed by atoms with Crippen molar-refractivity contribution in [3.05, 3.63) is 41.9 Å². The number of rotatable bonds is 3. The first-order valence-corrected chi connectivity index (χ1v) is 8.23. The van der Waals surface area contributed by atoms with Crippen molar-refractivity contribution < 1.29 is 9.32 Å². The van der Waals surface area contributed by atoms with Crippen LogP contribution in [0.15, 0.2) is 29.2 Å². The minimum absolute atomic E-state index is 0.0223. The molecule has 1 aliphatic heterocycles. The molecule has 2 fully saturated rings. The molecule has 3 aromatic rings. The van der Waals surface area contributed by atoms with Crippen LogP contribution in [0.1, 0.15) is 59.7 Å². The quantitative estimate of drug-likeness (QED) is 0.731. The van der Waals surface area contributed by atoms with Crippen molar-refractivity contribution in [2.75, 3.05) is 6.54 Å². The molecule has 0 spiro atoms. The fourth-order valence-electron chi connectivity index (χ4n) is 3.28. The summed E-state index contributed by atoms with van der Waals surface area (Å²) in [6.07, 6.45) is 7.40. The Labute approximate surface area is 137 Å². The molecular weight excluding hydrogens is 308 g/mol. The number of carbonyl (C=O) groups excluding carboxylic acids is 1. The van der Waals surface area contributed by atoms with Gasteiger partial charge in [-0.05, 0) is 37.8 Å². The Balaban J connectivity index is 1.43. The van der Waals surface area contributed by atoms with Crippen LogP contribution in [-0.4, -0.2) is 42.1 Å². The normalized spacial score (nSPS) is 20.8. The summed E-state index contributed by atoms with van der Waals surface area (Å²) in [5.74, 6) is 1.75. The second-order valence-electron chi connectivity index (χ2n) is 6.44. The van der Waals surface area contributed by atoms with Crippen LogP contribution in [0.3, 0.4) is 0 Å². The number of likely N-dealkylation sites (tertiary alicyclic amines) is 1. The fourth-order valence-corrected chi connectivity index (χ4v) is 3.28. The highest BCUT2D eigenvalue weighted by atomic mass is 16.5. The summed E-state index contributed by atoms with van der Waals surface area (Å²) in [5, 5.41) is 11.9. The van der Waals surface area contributed by atoms with Crippen molar-refractivity contribution >= 4 is 11.6 Å². The SMILES string of the molecule is O=C(c1ccc2nncn2c1)N1CCC[C@H]1c1noc(C2CC2)n1. The lowest BCUT2D eigenvalue weighted by Crippen LogP contribution is -2.31. The Kier molecular flexibility index (Phi) is 2.91. The van der Waals surface area contributed by atoms with E-state index in [1.807, 2.05) is 4.90 Å². The molecule has 1 saturated carbocycles. The monoisotopic (exact) mass is 324 g/mol. The average molecular weight is 324 g/mol. The highest BCUT2D eigenvalue weighted by molar-refractivity contribution is 5.94. The molecule has 2 aliphatic rings. The largest absolute Gasteiger partial charge is 0.339 e. The summed E-state index contributed by atoms with van der Waals surface area (Å²) < 4.78 is 7.11. The summed E-state index contributed by atoms with van der Waals surface area (Å²) in [5.41, 5.74) is 1.33. The van der Waals surface area contributed by atoms with Gasteiger partial charge in [0, 0.05) is 18.7 Å². The summed E-state index contributed by atoms with van der Waals surface area (Å²) in [6.45, 7) is 0.705. The van der Waals surface area contributed by atoms with Gasteiger partial charge < -0.3 is 9.42 Å². The van der Waals surface area contributed by atoms with Crippen molar-refractivity contribution in [3.63, 3.8) is 0 Å². The number of aromatic nitrogens is 5. The number of pyridine rings is 1. The van der Waals surface area contributed by atoms with Crippen LogP contribution < -0.4 is 0 Å². The third-order valence-corrected chi connectivity index (χ3v) is 4.73. The lowest BCUT2D eigenvalue weighted by molar-refractivity contribution is 0.0728. The van der Waals surface area contributed by atoms with Gasteiger partial charge in [0.1, 0.15) is 6.33 Å². The van der Waals surface area contributed by atoms with Gasteiger partial charge in [-0.2, -0.15) is 4.98 Å². The molecule has 3 aromatic heterocycles. The van der Waals surface area contributed by atoms with Gasteiger partial charge in [0.25, 0.3) is 5.91 Å². The van der Waals surface area contributed by atoms with Gasteiger partial charge in [-0.1, -0.05) is 5.16 Å². The van der Waals surface area contributed by atoms with Gasteiger partial charge in [-0.3, -0.25) is 9.20 Å². The van der Waals surface area contributed by atoms with Gasteiger partial charge in [0.15, 0.2) is 11.5 Å². The van der Waals surface area contributed by atoms with E-state index in [-0.39, 0.29) is 11.9 Å². The molecule has 4 heterocycles. The van der Waals surface area contributed by atoms with Gasteiger partial charge in [-0.15, -0.1) is 10.2 Å². The maximum Gasteiger partial charge on any atom is 0.255 e. The molecular formula is C16H16N6O2. The van der Waals surface area contributed by atoms with Crippen molar-refractivity contribution in [2.45, 2.75) is 37.6 Å². The maximum atomic E-state index is 12.9. The molecule has 8 heteroatoms. The van der Waals surface area contributed by atoms with E-state index in [2.05, 4.69) is 20.3 Å². The standard InChI is InChI=1S/C16H16N6O2/c23-16(11-5-6-13-19-17-9-21(13)8-11)22-7-1-2-12(22)14-18-15(24-20-14)10-3-4-10/h5-6,8-10,12H,1-4,7H2/t12-/m0/s1. The van der Waals surface area contributed by atoms with E-state index in [0.29, 0.717) is 23.9 Å². The van der Waals surface area contributed by atoms with Crippen LogP contribution in [0.25, 0.3) is 5.65 Å². The summed E-state index contributed by atoms with van der Waals surface area (Å²) in [4.78, 5) is 19.3. The van der Waals surface area contributed by atoms with Crippen molar-refractivity contribution in [2.24, 2.45) is 0 Å². The molecule has 0 radical (unpaired) electrons. The first-order valence-electron chi connectivity index (χ1n) is 8.23. The molecule has 122 valence electrons. The van der Waals surface area contributed by atoms with Gasteiger partial charge >= 0.3 is 0 Å². The number of carbonyl (C=O) groups is 1. The Hall–Kier alpha value is -2.77. The lowest BCUT2D eigenvalue weighted by Gasteiger charge is -2.22. The Morgan fingerprint density at radius 2 is 2.17 bits per heavy atom. The predicted octanol–water partition coefficient (Wildman–Crippen LogP) is 1.97. The third kappa shape index (κ3) is 2.17. The zero-order valence-electron chi connectivity index (χ0n) is 13.0. The van der Waals surface area contributed by atoms with Crippen molar-refractivity contribution in [1.82, 2.24) is 29.6 Å². The predicted molar refractivity (Wildman–Crippen MR) is 82.3 cm³/mol. The smallest absolute Gasteiger partial charge is 0.255 e. The van der Waals surface area contributed by atoms with E-state index >= 15 is 0 Å². The van der Waals surface area contributed by atoms with Gasteiger partial charge in [-0.25, -0.2) is 0 Å². The number of fused-ring (bicyclic) bond motifs is 1. The van der Waals surface area contributed by atoms with E-state index in [1.165, 1.54) is 0 Å². The Morgan fingerprint density at radius 1 is 1.25 bits per heavy atom. The van der Waals surface area contributed by atoms with E-state index in [9.17, 15) is 4.79 Å². The average Bonchev–Trinajstić information content (AvgIpc) is 3.06. The number of hydrogen-bond acceptors (Lipinski definition) is 6. The van der Waals surface area contributed by atoms with E-state index in [1.54, 1.807) is 29.1 Å². The molecule has 0 N–H and O–H groups in total. The highest BCUT2D eigenvalue weighted by Gasteiger charge is 2.36. The number of hydrogen-bond donors (Lipinski definition) is 0. The van der Waals surface area contributed by atoms with Crippen LogP contribution >= 0.6 is 0 Å². The fraction of sp³-hybridized carbons (Fsp3) is 0.438. The Morgan fingerprint density at radius 3 is 3.04 bits per heavy atom. The van der Waals surface area contributed by atoms with Crippen molar-refractivity contribution in [3.8, 4) is 0 Å². The second kappa shape index (κ2) is 5.12. The van der Waals surface area contributed by atoms with Crippen LogP contribution in [0.2, 0.25) is 0 Å². The lowest BCUT2D eigenvalue weighted by atomic mass is 10.2. The zero-order valence-corrected chi connectivity index (χ0v) is 13.0. The second-order valence-corrected chi connectivity index (χ2v) is 6.44. The molecule has 1 aliphatic carbocycles. The maximum absolute atomic E-state index is 12.9. The molecule has 8 nitrogen and oxygen atoms in total. The number of nitrogens with zero attached hydrogens (tertiary/aromatic N) is 6. The zero-order chi connectivity index (χ0) is 16.1. The molecule has 0 bridgehead atoms. The van der Waals surface area contributed by atoms with Crippen LogP contribution in [-0.2, 0) is 0 Å². The Bertz CT molecular complexity index is 912. The minimum Gasteiger partial charge on any atom is -0.339 e. The molecule has 1 amide bonds. The van der Waals surface area contributed by atoms with Crippen LogP contribution in [0.5, 0.6) is 0 Å². The van der Waals surface area contributed by atoms with Gasteiger partial charge in [0.2, 0.25) is 5.89 Å². The molecule has 0 aromatic carbocycles. The molecule has 0 unspecified atom stereocenters.